The van der Waals surface area contributed by atoms with Crippen molar-refractivity contribution in [1.29, 1.82) is 0 Å². The Bertz CT molecular complexity index is 469. The first-order chi connectivity index (χ1) is 9.16. The van der Waals surface area contributed by atoms with E-state index in [4.69, 9.17) is 21.1 Å². The van der Waals surface area contributed by atoms with Crippen molar-refractivity contribution in [3.8, 4) is 5.75 Å². The van der Waals surface area contributed by atoms with Gasteiger partial charge in [0.05, 0.1) is 13.2 Å². The van der Waals surface area contributed by atoms with Crippen molar-refractivity contribution in [2.24, 2.45) is 0 Å². The van der Waals surface area contributed by atoms with Crippen molar-refractivity contribution in [2.75, 3.05) is 19.8 Å². The van der Waals surface area contributed by atoms with Crippen molar-refractivity contribution in [3.63, 3.8) is 0 Å². The fourth-order valence-corrected chi connectivity index (χ4v) is 3.12. The molecule has 19 heavy (non-hydrogen) atoms. The van der Waals surface area contributed by atoms with E-state index in [2.05, 4.69) is 12.2 Å². The van der Waals surface area contributed by atoms with Crippen LogP contribution in [-0.4, -0.2) is 25.4 Å². The molecule has 0 saturated carbocycles. The minimum absolute atomic E-state index is 0.0616. The molecule has 3 nitrogen and oxygen atoms in total. The maximum atomic E-state index is 6.18. The summed E-state index contributed by atoms with van der Waals surface area (Å²) in [4.78, 5) is 0. The third-order valence-corrected chi connectivity index (χ3v) is 4.19. The van der Waals surface area contributed by atoms with Gasteiger partial charge in [-0.1, -0.05) is 11.6 Å². The van der Waals surface area contributed by atoms with E-state index in [0.717, 1.165) is 62.0 Å². The zero-order chi connectivity index (χ0) is 13.3. The van der Waals surface area contributed by atoms with Gasteiger partial charge in [0.15, 0.2) is 0 Å². The van der Waals surface area contributed by atoms with Crippen LogP contribution in [0, 0.1) is 0 Å². The zero-order valence-electron chi connectivity index (χ0n) is 11.3. The highest BCUT2D eigenvalue weighted by Crippen LogP contribution is 2.33. The number of halogens is 1. The van der Waals surface area contributed by atoms with Crippen LogP contribution >= 0.6 is 11.6 Å². The Morgan fingerprint density at radius 2 is 2.26 bits per heavy atom. The molecule has 2 heterocycles. The lowest BCUT2D eigenvalue weighted by Gasteiger charge is -2.34. The van der Waals surface area contributed by atoms with E-state index in [1.54, 1.807) is 0 Å². The van der Waals surface area contributed by atoms with E-state index in [1.165, 1.54) is 5.56 Å². The lowest BCUT2D eigenvalue weighted by Crippen LogP contribution is -2.48. The Labute approximate surface area is 119 Å². The van der Waals surface area contributed by atoms with Gasteiger partial charge in [-0.2, -0.15) is 0 Å². The second-order valence-electron chi connectivity index (χ2n) is 5.72. The summed E-state index contributed by atoms with van der Waals surface area (Å²) in [7, 11) is 0. The summed E-state index contributed by atoms with van der Waals surface area (Å²) in [5, 5.41) is 4.40. The molecule has 1 unspecified atom stereocenters. The first-order valence-electron chi connectivity index (χ1n) is 6.93. The fourth-order valence-electron chi connectivity index (χ4n) is 2.86. The zero-order valence-corrected chi connectivity index (χ0v) is 12.1. The van der Waals surface area contributed by atoms with Gasteiger partial charge in [0.1, 0.15) is 5.75 Å². The quantitative estimate of drug-likeness (QED) is 0.924. The van der Waals surface area contributed by atoms with Crippen LogP contribution in [0.4, 0.5) is 0 Å². The molecule has 2 aliphatic heterocycles. The average molecular weight is 282 g/mol. The van der Waals surface area contributed by atoms with Gasteiger partial charge in [-0.05, 0) is 37.5 Å². The van der Waals surface area contributed by atoms with Crippen molar-refractivity contribution in [2.45, 2.75) is 38.3 Å². The van der Waals surface area contributed by atoms with Crippen molar-refractivity contribution in [1.82, 2.24) is 5.32 Å². The smallest absolute Gasteiger partial charge is 0.127 e. The van der Waals surface area contributed by atoms with Crippen LogP contribution < -0.4 is 10.1 Å². The van der Waals surface area contributed by atoms with Gasteiger partial charge in [-0.15, -0.1) is 0 Å². The van der Waals surface area contributed by atoms with Gasteiger partial charge in [-0.25, -0.2) is 0 Å². The van der Waals surface area contributed by atoms with Crippen LogP contribution in [0.25, 0.3) is 0 Å². The molecule has 1 N–H and O–H groups in total. The number of hydrogen-bond donors (Lipinski definition) is 1. The summed E-state index contributed by atoms with van der Waals surface area (Å²) in [6.45, 7) is 5.42. The maximum absolute atomic E-state index is 6.18. The number of nitrogens with one attached hydrogen (secondary N) is 1. The largest absolute Gasteiger partial charge is 0.493 e. The molecule has 2 aliphatic rings. The van der Waals surface area contributed by atoms with E-state index < -0.39 is 0 Å². The van der Waals surface area contributed by atoms with Crippen LogP contribution in [0.5, 0.6) is 5.75 Å². The summed E-state index contributed by atoms with van der Waals surface area (Å²) in [6, 6.07) is 4.02. The molecule has 0 radical (unpaired) electrons. The fraction of sp³-hybridized carbons (Fsp3) is 0.600. The predicted molar refractivity (Wildman–Crippen MR) is 75.9 cm³/mol. The molecule has 1 atom stereocenters. The molecule has 3 rings (SSSR count). The van der Waals surface area contributed by atoms with Crippen LogP contribution in [0.1, 0.15) is 30.9 Å². The van der Waals surface area contributed by atoms with Crippen LogP contribution in [0.2, 0.25) is 5.02 Å². The molecule has 1 fully saturated rings. The predicted octanol–water partition coefficient (Wildman–Crippen LogP) is 2.93. The Hall–Kier alpha value is -0.770. The monoisotopic (exact) mass is 281 g/mol. The number of rotatable bonds is 3. The minimum atomic E-state index is 0.0616. The lowest BCUT2D eigenvalue weighted by molar-refractivity contribution is 0.0277. The molecule has 4 heteroatoms. The van der Waals surface area contributed by atoms with Crippen molar-refractivity contribution >= 4 is 11.6 Å². The number of hydrogen-bond acceptors (Lipinski definition) is 3. The van der Waals surface area contributed by atoms with Gasteiger partial charge < -0.3 is 14.8 Å². The molecule has 0 aliphatic carbocycles. The van der Waals surface area contributed by atoms with Crippen molar-refractivity contribution in [3.05, 3.63) is 28.3 Å². The van der Waals surface area contributed by atoms with Gasteiger partial charge >= 0.3 is 0 Å². The summed E-state index contributed by atoms with van der Waals surface area (Å²) in [5.74, 6) is 1.03. The molecular formula is C15H20ClNO2. The van der Waals surface area contributed by atoms with E-state index >= 15 is 0 Å². The summed E-state index contributed by atoms with van der Waals surface area (Å²) < 4.78 is 11.3. The normalized spacial score (nSPS) is 26.0. The van der Waals surface area contributed by atoms with Crippen LogP contribution in [-0.2, 0) is 17.7 Å². The molecule has 0 bridgehead atoms. The molecule has 0 spiro atoms. The van der Waals surface area contributed by atoms with Crippen LogP contribution in [0.15, 0.2) is 12.1 Å². The SMILES string of the molecule is CC1(NCc2cc(Cl)cc3c2OCC3)CCCOC1. The summed E-state index contributed by atoms with van der Waals surface area (Å²) >= 11 is 6.18. The van der Waals surface area contributed by atoms with E-state index in [0.29, 0.717) is 0 Å². The second-order valence-corrected chi connectivity index (χ2v) is 6.16. The molecule has 0 amide bonds. The summed E-state index contributed by atoms with van der Waals surface area (Å²) in [5.41, 5.74) is 2.45. The van der Waals surface area contributed by atoms with Crippen molar-refractivity contribution < 1.29 is 9.47 Å². The molecule has 104 valence electrons. The molecule has 1 saturated heterocycles. The third-order valence-electron chi connectivity index (χ3n) is 3.97. The highest BCUT2D eigenvalue weighted by molar-refractivity contribution is 6.30. The summed E-state index contributed by atoms with van der Waals surface area (Å²) in [6.07, 6.45) is 3.23. The van der Waals surface area contributed by atoms with E-state index in [-0.39, 0.29) is 5.54 Å². The Kier molecular flexibility index (Phi) is 3.70. The molecular weight excluding hydrogens is 262 g/mol. The second kappa shape index (κ2) is 5.31. The topological polar surface area (TPSA) is 30.5 Å². The third kappa shape index (κ3) is 2.88. The van der Waals surface area contributed by atoms with Gasteiger partial charge in [0.2, 0.25) is 0 Å². The lowest BCUT2D eigenvalue weighted by atomic mass is 9.94. The molecule has 1 aromatic carbocycles. The molecule has 0 aromatic heterocycles. The minimum Gasteiger partial charge on any atom is -0.493 e. The van der Waals surface area contributed by atoms with Crippen LogP contribution in [0.3, 0.4) is 0 Å². The Morgan fingerprint density at radius 1 is 1.37 bits per heavy atom. The van der Waals surface area contributed by atoms with E-state index in [9.17, 15) is 0 Å². The van der Waals surface area contributed by atoms with E-state index in [1.807, 2.05) is 12.1 Å². The van der Waals surface area contributed by atoms with Gasteiger partial charge in [0, 0.05) is 35.7 Å². The Balaban J connectivity index is 1.73. The Morgan fingerprint density at radius 3 is 3.05 bits per heavy atom. The maximum Gasteiger partial charge on any atom is 0.127 e. The van der Waals surface area contributed by atoms with Gasteiger partial charge in [0.25, 0.3) is 0 Å². The number of ether oxygens (including phenoxy) is 2. The number of benzene rings is 1. The van der Waals surface area contributed by atoms with Gasteiger partial charge in [-0.3, -0.25) is 0 Å². The highest BCUT2D eigenvalue weighted by Gasteiger charge is 2.27. The standard InChI is InChI=1S/C15H20ClNO2/c1-15(4-2-5-18-10-15)17-9-12-8-13(16)7-11-3-6-19-14(11)12/h7-8,17H,2-6,9-10H2,1H3. The average Bonchev–Trinajstić information content (AvgIpc) is 2.85. The number of fused-ring (bicyclic) bond motifs is 1. The first-order valence-corrected chi connectivity index (χ1v) is 7.31. The first kappa shape index (κ1) is 13.2. The highest BCUT2D eigenvalue weighted by atomic mass is 35.5. The molecule has 1 aromatic rings.